The van der Waals surface area contributed by atoms with E-state index in [-0.39, 0.29) is 11.5 Å². The van der Waals surface area contributed by atoms with E-state index in [0.29, 0.717) is 5.56 Å². The van der Waals surface area contributed by atoms with Gasteiger partial charge >= 0.3 is 0 Å². The molecule has 1 unspecified atom stereocenters. The van der Waals surface area contributed by atoms with Gasteiger partial charge in [-0.1, -0.05) is 24.3 Å². The van der Waals surface area contributed by atoms with Crippen molar-refractivity contribution in [2.75, 3.05) is 14.1 Å². The molecule has 1 rings (SSSR count). The predicted octanol–water partition coefficient (Wildman–Crippen LogP) is 2.99. The summed E-state index contributed by atoms with van der Waals surface area (Å²) in [6, 6.07) is 5.44. The van der Waals surface area contributed by atoms with Gasteiger partial charge in [0, 0.05) is 19.7 Å². The second-order valence-electron chi connectivity index (χ2n) is 3.56. The van der Waals surface area contributed by atoms with Gasteiger partial charge in [0.25, 0.3) is 6.43 Å². The molecule has 5 heteroatoms. The van der Waals surface area contributed by atoms with Gasteiger partial charge in [0.1, 0.15) is 5.38 Å². The van der Waals surface area contributed by atoms with E-state index in [9.17, 15) is 13.6 Å². The lowest BCUT2D eigenvalue weighted by atomic mass is 10.1. The van der Waals surface area contributed by atoms with Crippen LogP contribution < -0.4 is 0 Å². The maximum atomic E-state index is 12.3. The summed E-state index contributed by atoms with van der Waals surface area (Å²) in [7, 11) is 3.18. The molecule has 0 aromatic heterocycles. The van der Waals surface area contributed by atoms with Crippen LogP contribution in [0.4, 0.5) is 8.78 Å². The topological polar surface area (TPSA) is 20.3 Å². The molecule has 0 spiro atoms. The predicted molar refractivity (Wildman–Crippen MR) is 58.7 cm³/mol. The summed E-state index contributed by atoms with van der Waals surface area (Å²) in [5.41, 5.74) is 0.440. The van der Waals surface area contributed by atoms with Gasteiger partial charge in [-0.15, -0.1) is 11.6 Å². The van der Waals surface area contributed by atoms with Gasteiger partial charge in [-0.25, -0.2) is 8.78 Å². The smallest absolute Gasteiger partial charge is 0.263 e. The largest absolute Gasteiger partial charge is 0.347 e. The number of likely N-dealkylation sites (N-methyl/N-ethyl adjacent to an activating group) is 1. The Labute approximate surface area is 97.8 Å². The van der Waals surface area contributed by atoms with Crippen molar-refractivity contribution in [3.8, 4) is 0 Å². The molecule has 1 aromatic carbocycles. The van der Waals surface area contributed by atoms with Crippen LogP contribution in [0.2, 0.25) is 0 Å². The molecule has 2 nitrogen and oxygen atoms in total. The van der Waals surface area contributed by atoms with E-state index >= 15 is 0 Å². The normalized spacial score (nSPS) is 12.6. The molecule has 1 atom stereocenters. The Balaban J connectivity index is 2.85. The fourth-order valence-electron chi connectivity index (χ4n) is 1.18. The maximum absolute atomic E-state index is 12.3. The SMILES string of the molecule is CN(C)C(=O)C(Cl)c1ccc(C(F)F)cc1. The van der Waals surface area contributed by atoms with Crippen molar-refractivity contribution in [3.05, 3.63) is 35.4 Å². The first-order chi connectivity index (χ1) is 7.43. The number of rotatable bonds is 3. The van der Waals surface area contributed by atoms with E-state index in [2.05, 4.69) is 0 Å². The monoisotopic (exact) mass is 247 g/mol. The summed E-state index contributed by atoms with van der Waals surface area (Å²) in [5.74, 6) is -0.272. The quantitative estimate of drug-likeness (QED) is 0.752. The van der Waals surface area contributed by atoms with Crippen molar-refractivity contribution in [1.82, 2.24) is 4.90 Å². The first-order valence-corrected chi connectivity index (χ1v) is 5.10. The van der Waals surface area contributed by atoms with Crippen LogP contribution in [0.5, 0.6) is 0 Å². The Morgan fingerprint density at radius 2 is 1.62 bits per heavy atom. The number of hydrogen-bond donors (Lipinski definition) is 0. The number of nitrogens with zero attached hydrogens (tertiary/aromatic N) is 1. The Morgan fingerprint density at radius 1 is 1.19 bits per heavy atom. The maximum Gasteiger partial charge on any atom is 0.263 e. The summed E-state index contributed by atoms with van der Waals surface area (Å²) in [6.45, 7) is 0. The molecule has 0 heterocycles. The summed E-state index contributed by atoms with van der Waals surface area (Å²) in [5, 5.41) is -0.832. The highest BCUT2D eigenvalue weighted by Gasteiger charge is 2.19. The lowest BCUT2D eigenvalue weighted by Crippen LogP contribution is -2.25. The van der Waals surface area contributed by atoms with E-state index in [1.807, 2.05) is 0 Å². The molecule has 0 bridgehead atoms. The third kappa shape index (κ3) is 2.92. The van der Waals surface area contributed by atoms with Gasteiger partial charge in [-0.05, 0) is 5.56 Å². The van der Waals surface area contributed by atoms with E-state index < -0.39 is 11.8 Å². The Hall–Kier alpha value is -1.16. The van der Waals surface area contributed by atoms with Crippen LogP contribution in [0.1, 0.15) is 22.9 Å². The minimum absolute atomic E-state index is 0.0788. The van der Waals surface area contributed by atoms with E-state index in [4.69, 9.17) is 11.6 Å². The van der Waals surface area contributed by atoms with Gasteiger partial charge in [0.05, 0.1) is 0 Å². The minimum Gasteiger partial charge on any atom is -0.347 e. The molecule has 0 N–H and O–H groups in total. The number of benzene rings is 1. The van der Waals surface area contributed by atoms with Crippen LogP contribution >= 0.6 is 11.6 Å². The lowest BCUT2D eigenvalue weighted by Gasteiger charge is -2.15. The van der Waals surface area contributed by atoms with Crippen molar-refractivity contribution >= 4 is 17.5 Å². The first kappa shape index (κ1) is 12.9. The van der Waals surface area contributed by atoms with Crippen molar-refractivity contribution in [2.45, 2.75) is 11.8 Å². The zero-order valence-electron chi connectivity index (χ0n) is 8.95. The molecule has 88 valence electrons. The summed E-state index contributed by atoms with van der Waals surface area (Å²) in [4.78, 5) is 12.9. The van der Waals surface area contributed by atoms with Crippen molar-refractivity contribution in [2.24, 2.45) is 0 Å². The molecular weight excluding hydrogens is 236 g/mol. The van der Waals surface area contributed by atoms with Gasteiger partial charge in [0.2, 0.25) is 5.91 Å². The highest BCUT2D eigenvalue weighted by Crippen LogP contribution is 2.25. The van der Waals surface area contributed by atoms with Gasteiger partial charge in [-0.2, -0.15) is 0 Å². The lowest BCUT2D eigenvalue weighted by molar-refractivity contribution is -0.128. The molecule has 0 radical (unpaired) electrons. The molecule has 16 heavy (non-hydrogen) atoms. The average molecular weight is 248 g/mol. The number of carbonyl (C=O) groups is 1. The van der Waals surface area contributed by atoms with Crippen LogP contribution in [-0.4, -0.2) is 24.9 Å². The van der Waals surface area contributed by atoms with Crippen molar-refractivity contribution in [3.63, 3.8) is 0 Å². The van der Waals surface area contributed by atoms with Crippen LogP contribution in [0.25, 0.3) is 0 Å². The fourth-order valence-corrected chi connectivity index (χ4v) is 1.52. The average Bonchev–Trinajstić information content (AvgIpc) is 2.27. The molecular formula is C11H12ClF2NO. The Morgan fingerprint density at radius 3 is 2.00 bits per heavy atom. The number of amides is 1. The summed E-state index contributed by atoms with van der Waals surface area (Å²) >= 11 is 5.90. The van der Waals surface area contributed by atoms with Crippen molar-refractivity contribution < 1.29 is 13.6 Å². The van der Waals surface area contributed by atoms with Crippen LogP contribution in [0.15, 0.2) is 24.3 Å². The molecule has 0 saturated heterocycles. The zero-order valence-corrected chi connectivity index (χ0v) is 9.71. The molecule has 0 aliphatic heterocycles. The van der Waals surface area contributed by atoms with Crippen LogP contribution in [-0.2, 0) is 4.79 Å². The third-order valence-corrected chi connectivity index (χ3v) is 2.58. The Bertz CT molecular complexity index is 365. The van der Waals surface area contributed by atoms with Crippen molar-refractivity contribution in [1.29, 1.82) is 0 Å². The molecule has 0 fully saturated rings. The van der Waals surface area contributed by atoms with Crippen LogP contribution in [0.3, 0.4) is 0 Å². The zero-order chi connectivity index (χ0) is 12.3. The molecule has 0 aliphatic carbocycles. The number of halogens is 3. The molecule has 0 saturated carbocycles. The van der Waals surface area contributed by atoms with Gasteiger partial charge in [0.15, 0.2) is 0 Å². The number of alkyl halides is 3. The first-order valence-electron chi connectivity index (χ1n) is 4.66. The standard InChI is InChI=1S/C11H12ClF2NO/c1-15(2)11(16)9(12)7-3-5-8(6-4-7)10(13)14/h3-6,9-10H,1-2H3. The highest BCUT2D eigenvalue weighted by molar-refractivity contribution is 6.30. The van der Waals surface area contributed by atoms with E-state index in [0.717, 1.165) is 0 Å². The molecule has 0 aliphatic rings. The van der Waals surface area contributed by atoms with E-state index in [1.165, 1.54) is 29.2 Å². The molecule has 1 amide bonds. The number of carbonyl (C=O) groups excluding carboxylic acids is 1. The second kappa shape index (κ2) is 5.25. The van der Waals surface area contributed by atoms with Crippen LogP contribution in [0, 0.1) is 0 Å². The van der Waals surface area contributed by atoms with Gasteiger partial charge in [-0.3, -0.25) is 4.79 Å². The summed E-state index contributed by atoms with van der Waals surface area (Å²) < 4.78 is 24.6. The minimum atomic E-state index is -2.51. The Kier molecular flexibility index (Phi) is 4.24. The second-order valence-corrected chi connectivity index (χ2v) is 4.00. The summed E-state index contributed by atoms with van der Waals surface area (Å²) in [6.07, 6.45) is -2.51. The molecule has 1 aromatic rings. The highest BCUT2D eigenvalue weighted by atomic mass is 35.5. The van der Waals surface area contributed by atoms with Gasteiger partial charge < -0.3 is 4.90 Å². The fraction of sp³-hybridized carbons (Fsp3) is 0.364. The number of hydrogen-bond acceptors (Lipinski definition) is 1. The van der Waals surface area contributed by atoms with E-state index in [1.54, 1.807) is 14.1 Å². The third-order valence-electron chi connectivity index (χ3n) is 2.14.